The lowest BCUT2D eigenvalue weighted by Crippen LogP contribution is -2.09. The van der Waals surface area contributed by atoms with Crippen molar-refractivity contribution in [3.63, 3.8) is 0 Å². The molecule has 2 unspecified atom stereocenters. The molecule has 0 saturated heterocycles. The SMILES string of the molecule is CCOc1cc(Br)c(C(=O)C2C3CCCC32)cc1OCC. The van der Waals surface area contributed by atoms with Crippen molar-refractivity contribution >= 4 is 21.7 Å². The Bertz CT molecular complexity index is 545. The Morgan fingerprint density at radius 3 is 2.29 bits per heavy atom. The third-order valence-electron chi connectivity index (χ3n) is 4.61. The number of ether oxygens (including phenoxy) is 2. The average molecular weight is 353 g/mol. The van der Waals surface area contributed by atoms with Gasteiger partial charge in [-0.1, -0.05) is 6.42 Å². The van der Waals surface area contributed by atoms with Crippen molar-refractivity contribution in [3.8, 4) is 11.5 Å². The van der Waals surface area contributed by atoms with Crippen LogP contribution in [0, 0.1) is 17.8 Å². The van der Waals surface area contributed by atoms with Crippen LogP contribution in [0.2, 0.25) is 0 Å². The van der Waals surface area contributed by atoms with Gasteiger partial charge in [-0.25, -0.2) is 0 Å². The maximum atomic E-state index is 12.7. The summed E-state index contributed by atoms with van der Waals surface area (Å²) in [4.78, 5) is 12.7. The Morgan fingerprint density at radius 1 is 1.14 bits per heavy atom. The summed E-state index contributed by atoms with van der Waals surface area (Å²) in [5.74, 6) is 3.12. The van der Waals surface area contributed by atoms with E-state index >= 15 is 0 Å². The zero-order valence-electron chi connectivity index (χ0n) is 12.5. The van der Waals surface area contributed by atoms with Crippen molar-refractivity contribution in [1.82, 2.24) is 0 Å². The maximum Gasteiger partial charge on any atom is 0.167 e. The second-order valence-electron chi connectivity index (χ2n) is 5.79. The summed E-state index contributed by atoms with van der Waals surface area (Å²) in [6.45, 7) is 5.01. The van der Waals surface area contributed by atoms with Crippen LogP contribution in [0.15, 0.2) is 16.6 Å². The summed E-state index contributed by atoms with van der Waals surface area (Å²) in [7, 11) is 0. The van der Waals surface area contributed by atoms with Gasteiger partial charge in [0.15, 0.2) is 17.3 Å². The lowest BCUT2D eigenvalue weighted by atomic mass is 10.0. The van der Waals surface area contributed by atoms with Gasteiger partial charge in [0.1, 0.15) is 0 Å². The predicted molar refractivity (Wildman–Crippen MR) is 85.1 cm³/mol. The number of rotatable bonds is 6. The van der Waals surface area contributed by atoms with Crippen LogP contribution in [0.3, 0.4) is 0 Å². The minimum absolute atomic E-state index is 0.238. The molecule has 0 bridgehead atoms. The molecule has 0 N–H and O–H groups in total. The van der Waals surface area contributed by atoms with E-state index in [1.54, 1.807) is 0 Å². The van der Waals surface area contributed by atoms with E-state index in [4.69, 9.17) is 9.47 Å². The van der Waals surface area contributed by atoms with Crippen LogP contribution in [0.4, 0.5) is 0 Å². The van der Waals surface area contributed by atoms with E-state index in [0.717, 1.165) is 10.0 Å². The highest BCUT2D eigenvalue weighted by atomic mass is 79.9. The number of halogens is 1. The molecule has 1 aromatic carbocycles. The molecule has 2 saturated carbocycles. The van der Waals surface area contributed by atoms with Gasteiger partial charge in [0, 0.05) is 16.0 Å². The summed E-state index contributed by atoms with van der Waals surface area (Å²) >= 11 is 3.52. The highest BCUT2D eigenvalue weighted by molar-refractivity contribution is 9.10. The number of benzene rings is 1. The van der Waals surface area contributed by atoms with E-state index in [9.17, 15) is 4.79 Å². The standard InChI is InChI=1S/C17H21BrO3/c1-3-20-14-8-12(13(18)9-15(14)21-4-2)17(19)16-10-6-5-7-11(10)16/h8-11,16H,3-7H2,1-2H3. The third-order valence-corrected chi connectivity index (χ3v) is 5.26. The molecule has 21 heavy (non-hydrogen) atoms. The average Bonchev–Trinajstić information content (AvgIpc) is 2.94. The molecule has 0 radical (unpaired) electrons. The Morgan fingerprint density at radius 2 is 1.71 bits per heavy atom. The van der Waals surface area contributed by atoms with Gasteiger partial charge in [0.05, 0.1) is 13.2 Å². The topological polar surface area (TPSA) is 35.5 Å². The molecule has 0 aromatic heterocycles. The van der Waals surface area contributed by atoms with Crippen LogP contribution < -0.4 is 9.47 Å². The summed E-state index contributed by atoms with van der Waals surface area (Å²) < 4.78 is 12.0. The van der Waals surface area contributed by atoms with Crippen molar-refractivity contribution in [3.05, 3.63) is 22.2 Å². The Balaban J connectivity index is 1.87. The van der Waals surface area contributed by atoms with E-state index in [2.05, 4.69) is 15.9 Å². The number of carbonyl (C=O) groups excluding carboxylic acids is 1. The molecule has 0 aliphatic heterocycles. The first-order valence-electron chi connectivity index (χ1n) is 7.80. The number of hydrogen-bond acceptors (Lipinski definition) is 3. The molecule has 2 fully saturated rings. The molecule has 2 aliphatic rings. The molecule has 2 aliphatic carbocycles. The first-order chi connectivity index (χ1) is 10.2. The van der Waals surface area contributed by atoms with Crippen LogP contribution in [-0.4, -0.2) is 19.0 Å². The number of Topliss-reactive ketones (excluding diaryl/α,β-unsaturated/α-hetero) is 1. The monoisotopic (exact) mass is 352 g/mol. The van der Waals surface area contributed by atoms with Crippen molar-refractivity contribution in [2.45, 2.75) is 33.1 Å². The normalized spacial score (nSPS) is 26.3. The van der Waals surface area contributed by atoms with Crippen LogP contribution in [-0.2, 0) is 0 Å². The second-order valence-corrected chi connectivity index (χ2v) is 6.65. The largest absolute Gasteiger partial charge is 0.490 e. The van der Waals surface area contributed by atoms with Gasteiger partial charge in [-0.05, 0) is 66.6 Å². The molecule has 3 rings (SSSR count). The molecule has 0 spiro atoms. The molecule has 114 valence electrons. The Kier molecular flexibility index (Phi) is 4.25. The quantitative estimate of drug-likeness (QED) is 0.708. The first kappa shape index (κ1) is 14.9. The summed E-state index contributed by atoms with van der Waals surface area (Å²) in [6.07, 6.45) is 3.72. The van der Waals surface area contributed by atoms with Crippen LogP contribution >= 0.6 is 15.9 Å². The zero-order valence-corrected chi connectivity index (χ0v) is 14.1. The van der Waals surface area contributed by atoms with Gasteiger partial charge in [0.2, 0.25) is 0 Å². The van der Waals surface area contributed by atoms with E-state index < -0.39 is 0 Å². The fraction of sp³-hybridized carbons (Fsp3) is 0.588. The van der Waals surface area contributed by atoms with E-state index in [1.165, 1.54) is 19.3 Å². The minimum atomic E-state index is 0.238. The number of hydrogen-bond donors (Lipinski definition) is 0. The zero-order chi connectivity index (χ0) is 15.0. The van der Waals surface area contributed by atoms with Crippen LogP contribution in [0.1, 0.15) is 43.5 Å². The second kappa shape index (κ2) is 5.99. The number of carbonyl (C=O) groups is 1. The van der Waals surface area contributed by atoms with Gasteiger partial charge < -0.3 is 9.47 Å². The van der Waals surface area contributed by atoms with Crippen molar-refractivity contribution in [2.24, 2.45) is 17.8 Å². The Labute approximate surface area is 134 Å². The lowest BCUT2D eigenvalue weighted by Gasteiger charge is -2.14. The molecule has 3 nitrogen and oxygen atoms in total. The summed E-state index contributed by atoms with van der Waals surface area (Å²) in [5.41, 5.74) is 0.737. The fourth-order valence-electron chi connectivity index (χ4n) is 3.65. The van der Waals surface area contributed by atoms with E-state index in [0.29, 0.717) is 36.5 Å². The van der Waals surface area contributed by atoms with E-state index in [-0.39, 0.29) is 11.7 Å². The highest BCUT2D eigenvalue weighted by Gasteiger charge is 2.56. The fourth-order valence-corrected chi connectivity index (χ4v) is 4.17. The molecule has 4 heteroatoms. The highest BCUT2D eigenvalue weighted by Crippen LogP contribution is 2.59. The van der Waals surface area contributed by atoms with Crippen LogP contribution in [0.25, 0.3) is 0 Å². The third kappa shape index (κ3) is 2.70. The van der Waals surface area contributed by atoms with E-state index in [1.807, 2.05) is 26.0 Å². The maximum absolute atomic E-state index is 12.7. The molecular weight excluding hydrogens is 332 g/mol. The van der Waals surface area contributed by atoms with Crippen molar-refractivity contribution in [2.75, 3.05) is 13.2 Å². The van der Waals surface area contributed by atoms with Crippen LogP contribution in [0.5, 0.6) is 11.5 Å². The van der Waals surface area contributed by atoms with Gasteiger partial charge in [-0.15, -0.1) is 0 Å². The number of fused-ring (bicyclic) bond motifs is 1. The Hall–Kier alpha value is -1.03. The first-order valence-corrected chi connectivity index (χ1v) is 8.60. The van der Waals surface area contributed by atoms with Gasteiger partial charge in [-0.2, -0.15) is 0 Å². The molecular formula is C17H21BrO3. The lowest BCUT2D eigenvalue weighted by molar-refractivity contribution is 0.0950. The molecule has 1 aromatic rings. The molecule has 0 amide bonds. The number of ketones is 1. The predicted octanol–water partition coefficient (Wildman–Crippen LogP) is 4.48. The van der Waals surface area contributed by atoms with Gasteiger partial charge in [0.25, 0.3) is 0 Å². The van der Waals surface area contributed by atoms with Crippen molar-refractivity contribution in [1.29, 1.82) is 0 Å². The molecule has 0 heterocycles. The van der Waals surface area contributed by atoms with Gasteiger partial charge in [-0.3, -0.25) is 4.79 Å². The molecule has 2 atom stereocenters. The summed E-state index contributed by atoms with van der Waals surface area (Å²) in [5, 5.41) is 0. The van der Waals surface area contributed by atoms with Crippen molar-refractivity contribution < 1.29 is 14.3 Å². The minimum Gasteiger partial charge on any atom is -0.490 e. The summed E-state index contributed by atoms with van der Waals surface area (Å²) in [6, 6.07) is 3.70. The smallest absolute Gasteiger partial charge is 0.167 e. The van der Waals surface area contributed by atoms with Gasteiger partial charge >= 0.3 is 0 Å².